The van der Waals surface area contributed by atoms with Crippen LogP contribution in [0.4, 0.5) is 5.82 Å². The molecule has 0 bridgehead atoms. The molecule has 2 aromatic heterocycles. The highest BCUT2D eigenvalue weighted by Gasteiger charge is 2.49. The van der Waals surface area contributed by atoms with E-state index in [4.69, 9.17) is 5.73 Å². The quantitative estimate of drug-likeness (QED) is 0.0764. The van der Waals surface area contributed by atoms with E-state index in [-0.39, 0.29) is 60.3 Å². The maximum atomic E-state index is 15.3. The number of anilines is 1. The number of benzene rings is 1. The van der Waals surface area contributed by atoms with Crippen LogP contribution in [-0.2, 0) is 41.6 Å². The molecule has 1 aliphatic heterocycles. The number of amides is 6. The standard InChI is InChI=1S/C46H61N7O8S/c1-6-28(4)41(42(58)33-17-11-19-48-43(33)49-26-54)51-40(57)25-39(56)37(21-27(2)3)53(45(60)34(47)24-32-16-12-20-62-32)46(61)35(22-30-13-8-7-9-14-30)50-44(59)38-23-31-15-10-18-36(31)52(38)29(5)55/h7-9,11-14,16-17,19-20,26-28,31,34-39,41,56H,6,10,15,18,21-25,47H2,1-5H3,(H,50,59)(H,51,57)(H,48,49,54)/t28-,31?,34?,35?,36?,37?,38?,39-,41-/m0/s1. The van der Waals surface area contributed by atoms with Crippen LogP contribution in [0.25, 0.3) is 0 Å². The molecule has 1 aromatic carbocycles. The van der Waals surface area contributed by atoms with Gasteiger partial charge in [0, 0.05) is 36.9 Å². The average molecular weight is 872 g/mol. The number of fused-ring (bicyclic) bond motifs is 1. The lowest BCUT2D eigenvalue weighted by molar-refractivity contribution is -0.155. The first-order valence-electron chi connectivity index (χ1n) is 21.6. The third-order valence-electron chi connectivity index (χ3n) is 12.2. The van der Waals surface area contributed by atoms with E-state index in [1.165, 1.54) is 36.6 Å². The number of aromatic nitrogens is 1. The summed E-state index contributed by atoms with van der Waals surface area (Å²) in [5, 5.41) is 22.1. The number of ketones is 1. The van der Waals surface area contributed by atoms with Gasteiger partial charge in [0.2, 0.25) is 30.0 Å². The van der Waals surface area contributed by atoms with E-state index in [1.807, 2.05) is 44.4 Å². The second kappa shape index (κ2) is 22.2. The Kier molecular flexibility index (Phi) is 17.1. The largest absolute Gasteiger partial charge is 0.390 e. The fraction of sp³-hybridized carbons (Fsp3) is 0.522. The summed E-state index contributed by atoms with van der Waals surface area (Å²) in [6, 6.07) is 9.89. The summed E-state index contributed by atoms with van der Waals surface area (Å²) in [6.07, 6.45) is 3.32. The Balaban J connectivity index is 1.49. The number of imide groups is 1. The van der Waals surface area contributed by atoms with Crippen LogP contribution in [-0.4, -0.2) is 104 Å². The molecule has 6 N–H and O–H groups in total. The number of aliphatic hydroxyl groups is 1. The smallest absolute Gasteiger partial charge is 0.252 e. The molecule has 16 heteroatoms. The molecule has 15 nitrogen and oxygen atoms in total. The van der Waals surface area contributed by atoms with Gasteiger partial charge in [-0.05, 0) is 72.6 Å². The number of carbonyl (C=O) groups is 7. The monoisotopic (exact) mass is 871 g/mol. The summed E-state index contributed by atoms with van der Waals surface area (Å²) in [5.41, 5.74) is 7.39. The lowest BCUT2D eigenvalue weighted by Crippen LogP contribution is -2.62. The van der Waals surface area contributed by atoms with Gasteiger partial charge < -0.3 is 31.7 Å². The van der Waals surface area contributed by atoms with E-state index in [2.05, 4.69) is 20.9 Å². The van der Waals surface area contributed by atoms with Gasteiger partial charge >= 0.3 is 0 Å². The number of nitrogens with two attached hydrogens (primary N) is 1. The number of thiophene rings is 1. The number of Topliss-reactive ketones (excluding diaryl/α,β-unsaturated/α-hetero) is 1. The third-order valence-corrected chi connectivity index (χ3v) is 13.1. The van der Waals surface area contributed by atoms with Crippen LogP contribution in [0.2, 0.25) is 0 Å². The highest BCUT2D eigenvalue weighted by atomic mass is 32.1. The topological polar surface area (TPSA) is 221 Å². The van der Waals surface area contributed by atoms with E-state index in [1.54, 1.807) is 36.1 Å². The van der Waals surface area contributed by atoms with Crippen LogP contribution < -0.4 is 21.7 Å². The van der Waals surface area contributed by atoms with Gasteiger partial charge in [-0.3, -0.25) is 38.5 Å². The SMILES string of the molecule is CC[C@H](C)[C@H](NC(=O)C[C@H](O)C(CC(C)C)N(C(=O)C(N)Cc1cccs1)C(=O)C(Cc1ccccc1)NC(=O)C1CC2CCCC2N1C(C)=O)C(=O)c1cccnc1NC=O. The number of rotatable bonds is 21. The summed E-state index contributed by atoms with van der Waals surface area (Å²) in [5.74, 6) is -3.95. The first-order chi connectivity index (χ1) is 29.6. The summed E-state index contributed by atoms with van der Waals surface area (Å²) in [7, 11) is 0. The molecule has 9 atom stereocenters. The Hall–Kier alpha value is -5.32. The molecule has 5 rings (SSSR count). The van der Waals surface area contributed by atoms with Crippen molar-refractivity contribution in [3.63, 3.8) is 0 Å². The molecule has 1 saturated carbocycles. The number of carbonyl (C=O) groups excluding carboxylic acids is 7. The molecule has 6 unspecified atom stereocenters. The van der Waals surface area contributed by atoms with Crippen molar-refractivity contribution in [1.29, 1.82) is 0 Å². The van der Waals surface area contributed by atoms with Gasteiger partial charge in [0.25, 0.3) is 5.91 Å². The zero-order valence-corrected chi connectivity index (χ0v) is 37.0. The van der Waals surface area contributed by atoms with E-state index in [0.717, 1.165) is 29.0 Å². The molecule has 6 amide bonds. The molecule has 2 aliphatic rings. The van der Waals surface area contributed by atoms with Crippen molar-refractivity contribution in [2.45, 2.75) is 135 Å². The second-order valence-electron chi connectivity index (χ2n) is 17.0. The first kappa shape index (κ1) is 47.7. The van der Waals surface area contributed by atoms with Gasteiger partial charge in [-0.2, -0.15) is 0 Å². The van der Waals surface area contributed by atoms with E-state index < -0.39 is 72.1 Å². The minimum absolute atomic E-state index is 0.0199. The van der Waals surface area contributed by atoms with Crippen molar-refractivity contribution in [2.75, 3.05) is 5.32 Å². The number of aliphatic hydroxyl groups excluding tert-OH is 1. The van der Waals surface area contributed by atoms with Crippen LogP contribution in [0, 0.1) is 17.8 Å². The summed E-state index contributed by atoms with van der Waals surface area (Å²) in [4.78, 5) is 104. The normalized spacial score (nSPS) is 19.9. The summed E-state index contributed by atoms with van der Waals surface area (Å²) in [6.45, 7) is 8.79. The Morgan fingerprint density at radius 1 is 0.984 bits per heavy atom. The Morgan fingerprint density at radius 3 is 2.37 bits per heavy atom. The van der Waals surface area contributed by atoms with Crippen LogP contribution in [0.5, 0.6) is 0 Å². The highest BCUT2D eigenvalue weighted by molar-refractivity contribution is 7.09. The highest BCUT2D eigenvalue weighted by Crippen LogP contribution is 2.41. The molecule has 2 fully saturated rings. The molecule has 1 aliphatic carbocycles. The number of hydrogen-bond acceptors (Lipinski definition) is 11. The number of likely N-dealkylation sites (tertiary alicyclic amines) is 1. The number of pyridine rings is 1. The Bertz CT molecular complexity index is 2030. The predicted molar refractivity (Wildman–Crippen MR) is 235 cm³/mol. The van der Waals surface area contributed by atoms with Crippen molar-refractivity contribution >= 4 is 58.9 Å². The molecule has 334 valence electrons. The third kappa shape index (κ3) is 11.8. The number of nitrogens with zero attached hydrogens (tertiary/aromatic N) is 3. The zero-order valence-electron chi connectivity index (χ0n) is 36.2. The molecule has 3 heterocycles. The van der Waals surface area contributed by atoms with Crippen molar-refractivity contribution in [3.8, 4) is 0 Å². The maximum Gasteiger partial charge on any atom is 0.252 e. The maximum absolute atomic E-state index is 15.3. The predicted octanol–water partition coefficient (Wildman–Crippen LogP) is 4.03. The minimum atomic E-state index is -1.63. The molecule has 0 spiro atoms. The van der Waals surface area contributed by atoms with Gasteiger partial charge in [-0.25, -0.2) is 4.98 Å². The van der Waals surface area contributed by atoms with Gasteiger partial charge in [-0.1, -0.05) is 76.9 Å². The number of nitrogens with one attached hydrogen (secondary N) is 3. The van der Waals surface area contributed by atoms with Crippen molar-refractivity contribution in [2.24, 2.45) is 23.5 Å². The van der Waals surface area contributed by atoms with Crippen LogP contribution in [0.3, 0.4) is 0 Å². The molecule has 1 saturated heterocycles. The average Bonchev–Trinajstić information content (AvgIpc) is 4.01. The van der Waals surface area contributed by atoms with E-state index in [9.17, 15) is 33.9 Å². The van der Waals surface area contributed by atoms with Crippen molar-refractivity contribution < 1.29 is 38.7 Å². The van der Waals surface area contributed by atoms with Crippen molar-refractivity contribution in [3.05, 3.63) is 82.2 Å². The first-order valence-corrected chi connectivity index (χ1v) is 22.5. The molecular weight excluding hydrogens is 811 g/mol. The fourth-order valence-electron chi connectivity index (χ4n) is 8.93. The lowest BCUT2D eigenvalue weighted by atomic mass is 9.90. The molecule has 0 radical (unpaired) electrons. The van der Waals surface area contributed by atoms with E-state index in [0.29, 0.717) is 24.8 Å². The zero-order chi connectivity index (χ0) is 45.1. The van der Waals surface area contributed by atoms with Gasteiger partial charge in [-0.15, -0.1) is 11.3 Å². The molecule has 3 aromatic rings. The van der Waals surface area contributed by atoms with Gasteiger partial charge in [0.1, 0.15) is 17.9 Å². The summed E-state index contributed by atoms with van der Waals surface area (Å²) < 4.78 is 0. The minimum Gasteiger partial charge on any atom is -0.390 e. The van der Waals surface area contributed by atoms with Crippen LogP contribution in [0.15, 0.2) is 66.2 Å². The van der Waals surface area contributed by atoms with E-state index >= 15 is 4.79 Å². The van der Waals surface area contributed by atoms with Gasteiger partial charge in [0.05, 0.1) is 36.2 Å². The van der Waals surface area contributed by atoms with Crippen LogP contribution >= 0.6 is 11.3 Å². The molecular formula is C46H61N7O8S. The number of hydrogen-bond donors (Lipinski definition) is 5. The van der Waals surface area contributed by atoms with Gasteiger partial charge in [0.15, 0.2) is 5.78 Å². The second-order valence-corrected chi connectivity index (χ2v) is 18.1. The fourth-order valence-corrected chi connectivity index (χ4v) is 9.69. The summed E-state index contributed by atoms with van der Waals surface area (Å²) >= 11 is 1.40. The molecule has 62 heavy (non-hydrogen) atoms. The Morgan fingerprint density at radius 2 is 1.73 bits per heavy atom. The Labute approximate surface area is 367 Å². The van der Waals surface area contributed by atoms with Crippen LogP contribution in [0.1, 0.15) is 100 Å². The van der Waals surface area contributed by atoms with Crippen molar-refractivity contribution in [1.82, 2.24) is 25.4 Å². The lowest BCUT2D eigenvalue weighted by Gasteiger charge is -2.38.